The van der Waals surface area contributed by atoms with Gasteiger partial charge in [0.1, 0.15) is 12.1 Å². The van der Waals surface area contributed by atoms with Gasteiger partial charge in [-0.15, -0.1) is 0 Å². The number of nitrogens with zero attached hydrogens (tertiary/aromatic N) is 6. The molecule has 5 aromatic rings. The Morgan fingerprint density at radius 1 is 0.872 bits per heavy atom. The second kappa shape index (κ2) is 14.3. The summed E-state index contributed by atoms with van der Waals surface area (Å²) in [6, 6.07) is 16.7. The number of anilines is 4. The van der Waals surface area contributed by atoms with Gasteiger partial charge in [0.15, 0.2) is 5.82 Å². The molecule has 3 aromatic carbocycles. The fourth-order valence-corrected chi connectivity index (χ4v) is 4.93. The lowest BCUT2D eigenvalue weighted by Gasteiger charge is -2.24. The smallest absolute Gasteiger partial charge is 0.416 e. The van der Waals surface area contributed by atoms with E-state index in [1.165, 1.54) is 12.4 Å². The van der Waals surface area contributed by atoms with E-state index in [-0.39, 0.29) is 11.6 Å². The first-order valence-electron chi connectivity index (χ1n) is 14.7. The van der Waals surface area contributed by atoms with Gasteiger partial charge in [-0.2, -0.15) is 18.2 Å². The van der Waals surface area contributed by atoms with Crippen molar-refractivity contribution in [2.24, 2.45) is 0 Å². The molecule has 0 aliphatic carbocycles. The van der Waals surface area contributed by atoms with Crippen LogP contribution in [0.25, 0.3) is 22.2 Å². The van der Waals surface area contributed by atoms with Crippen molar-refractivity contribution in [3.8, 4) is 23.0 Å². The monoisotopic (exact) mass is 645 g/mol. The Balaban J connectivity index is 1.41. The molecule has 47 heavy (non-hydrogen) atoms. The van der Waals surface area contributed by atoms with Crippen LogP contribution in [0.1, 0.15) is 12.0 Å². The zero-order valence-corrected chi connectivity index (χ0v) is 26.3. The van der Waals surface area contributed by atoms with Gasteiger partial charge in [0.25, 0.3) is 0 Å². The Morgan fingerprint density at radius 2 is 1.64 bits per heavy atom. The van der Waals surface area contributed by atoms with Crippen LogP contribution >= 0.6 is 0 Å². The second-order valence-electron chi connectivity index (χ2n) is 10.9. The lowest BCUT2D eigenvalue weighted by Crippen LogP contribution is -2.26. The lowest BCUT2D eigenvalue weighted by atomic mass is 10.1. The molecule has 2 aromatic heterocycles. The fraction of sp³-hybridized carbons (Fsp3) is 0.242. The average molecular weight is 646 g/mol. The first kappa shape index (κ1) is 32.9. The third-order valence-electron chi connectivity index (χ3n) is 7.23. The molecule has 0 aliphatic heterocycles. The molecule has 0 bridgehead atoms. The van der Waals surface area contributed by atoms with E-state index >= 15 is 0 Å². The van der Waals surface area contributed by atoms with Crippen molar-refractivity contribution in [1.82, 2.24) is 24.8 Å². The third kappa shape index (κ3) is 8.02. The summed E-state index contributed by atoms with van der Waals surface area (Å²) in [6.45, 7) is 1.38. The predicted octanol–water partition coefficient (Wildman–Crippen LogP) is 6.97. The molecular formula is C33H34F3N9O2. The molecule has 0 saturated carbocycles. The van der Waals surface area contributed by atoms with E-state index in [0.717, 1.165) is 25.1 Å². The molecule has 0 aliphatic rings. The topological polar surface area (TPSA) is 120 Å². The van der Waals surface area contributed by atoms with Gasteiger partial charge in [0.05, 0.1) is 28.2 Å². The summed E-state index contributed by atoms with van der Waals surface area (Å²) in [5.41, 5.74) is 0.609. The van der Waals surface area contributed by atoms with E-state index in [1.807, 2.05) is 36.0 Å². The molecule has 11 nitrogen and oxygen atoms in total. The van der Waals surface area contributed by atoms with Gasteiger partial charge in [-0.1, -0.05) is 24.3 Å². The Hall–Kier alpha value is -5.50. The van der Waals surface area contributed by atoms with Crippen LogP contribution in [-0.2, 0) is 6.18 Å². The summed E-state index contributed by atoms with van der Waals surface area (Å²) in [5.74, 6) is 1.46. The molecule has 2 amide bonds. The van der Waals surface area contributed by atoms with Gasteiger partial charge in [0, 0.05) is 37.6 Å². The number of nitrogens with one attached hydrogen (secondary N) is 3. The molecule has 14 heteroatoms. The van der Waals surface area contributed by atoms with Gasteiger partial charge in [-0.25, -0.2) is 19.7 Å². The van der Waals surface area contributed by atoms with E-state index < -0.39 is 17.8 Å². The minimum Gasteiger partial charge on any atom is -0.438 e. The quantitative estimate of drug-likeness (QED) is 0.140. The molecule has 2 heterocycles. The van der Waals surface area contributed by atoms with E-state index in [4.69, 9.17) is 4.74 Å². The minimum absolute atomic E-state index is 0.0383. The molecule has 0 saturated heterocycles. The lowest BCUT2D eigenvalue weighted by molar-refractivity contribution is -0.137. The van der Waals surface area contributed by atoms with E-state index in [1.54, 1.807) is 56.7 Å². The van der Waals surface area contributed by atoms with Crippen molar-refractivity contribution < 1.29 is 22.7 Å². The van der Waals surface area contributed by atoms with Crippen LogP contribution in [0.2, 0.25) is 0 Å². The number of rotatable bonds is 11. The van der Waals surface area contributed by atoms with Gasteiger partial charge in [-0.3, -0.25) is 0 Å². The number of ether oxygens (including phenoxy) is 1. The van der Waals surface area contributed by atoms with Crippen LogP contribution < -0.4 is 25.6 Å². The van der Waals surface area contributed by atoms with Crippen LogP contribution in [0.15, 0.2) is 79.3 Å². The van der Waals surface area contributed by atoms with Crippen LogP contribution in [0.4, 0.5) is 41.0 Å². The van der Waals surface area contributed by atoms with E-state index in [0.29, 0.717) is 51.8 Å². The molecule has 0 fully saturated rings. The highest BCUT2D eigenvalue weighted by Crippen LogP contribution is 2.38. The normalized spacial score (nSPS) is 11.4. The van der Waals surface area contributed by atoms with Gasteiger partial charge in [0.2, 0.25) is 11.8 Å². The molecule has 0 radical (unpaired) electrons. The number of aromatic nitrogens is 4. The highest BCUT2D eigenvalue weighted by Gasteiger charge is 2.31. The summed E-state index contributed by atoms with van der Waals surface area (Å²) in [6.07, 6.45) is -0.823. The predicted molar refractivity (Wildman–Crippen MR) is 177 cm³/mol. The summed E-state index contributed by atoms with van der Waals surface area (Å²) >= 11 is 0. The number of halogens is 3. The van der Waals surface area contributed by atoms with Crippen LogP contribution in [0.5, 0.6) is 11.6 Å². The Bertz CT molecular complexity index is 1870. The molecule has 244 valence electrons. The Kier molecular flexibility index (Phi) is 10.00. The maximum absolute atomic E-state index is 13.6. The summed E-state index contributed by atoms with van der Waals surface area (Å²) in [7, 11) is 7.38. The number of fused-ring (bicyclic) bond motifs is 1. The van der Waals surface area contributed by atoms with Crippen LogP contribution in [-0.4, -0.2) is 72.1 Å². The zero-order valence-electron chi connectivity index (χ0n) is 26.3. The van der Waals surface area contributed by atoms with Crippen molar-refractivity contribution in [3.63, 3.8) is 0 Å². The maximum atomic E-state index is 13.6. The fourth-order valence-electron chi connectivity index (χ4n) is 4.93. The van der Waals surface area contributed by atoms with E-state index in [9.17, 15) is 18.0 Å². The van der Waals surface area contributed by atoms with Gasteiger partial charge >= 0.3 is 12.2 Å². The number of carbonyl (C=O) groups is 1. The highest BCUT2D eigenvalue weighted by molar-refractivity contribution is 6.08. The van der Waals surface area contributed by atoms with Crippen molar-refractivity contribution in [3.05, 3.63) is 84.8 Å². The van der Waals surface area contributed by atoms with Crippen LogP contribution in [0, 0.1) is 0 Å². The number of pyridine rings is 1. The molecule has 0 unspecified atom stereocenters. The number of carbonyl (C=O) groups excluding carboxylic acids is 1. The van der Waals surface area contributed by atoms with Crippen molar-refractivity contribution in [2.45, 2.75) is 12.6 Å². The van der Waals surface area contributed by atoms with Crippen molar-refractivity contribution in [2.75, 3.05) is 62.1 Å². The molecule has 0 atom stereocenters. The minimum atomic E-state index is -4.58. The SMILES string of the molecule is CNc1ncnc(-c2cccnc2Oc2ccc(NC(=O)Nc3cc(C(F)(F)F)ccc3N(C)CCCN(C)C)c3ccccc23)n1. The summed E-state index contributed by atoms with van der Waals surface area (Å²) < 4.78 is 47.1. The summed E-state index contributed by atoms with van der Waals surface area (Å²) in [5, 5.41) is 9.61. The Labute approximate surface area is 269 Å². The van der Waals surface area contributed by atoms with Crippen molar-refractivity contribution >= 4 is 39.8 Å². The van der Waals surface area contributed by atoms with Crippen molar-refractivity contribution in [1.29, 1.82) is 0 Å². The number of urea groups is 1. The molecule has 3 N–H and O–H groups in total. The number of hydrogen-bond acceptors (Lipinski definition) is 9. The first-order valence-corrected chi connectivity index (χ1v) is 14.7. The molecule has 5 rings (SSSR count). The van der Waals surface area contributed by atoms with Gasteiger partial charge in [-0.05, 0) is 69.5 Å². The van der Waals surface area contributed by atoms with Crippen LogP contribution in [0.3, 0.4) is 0 Å². The zero-order chi connectivity index (χ0) is 33.6. The Morgan fingerprint density at radius 3 is 2.38 bits per heavy atom. The third-order valence-corrected chi connectivity index (χ3v) is 7.23. The molecular weight excluding hydrogens is 611 g/mol. The number of alkyl halides is 3. The summed E-state index contributed by atoms with van der Waals surface area (Å²) in [4.78, 5) is 34.2. The first-order chi connectivity index (χ1) is 22.5. The highest BCUT2D eigenvalue weighted by atomic mass is 19.4. The maximum Gasteiger partial charge on any atom is 0.416 e. The average Bonchev–Trinajstić information content (AvgIpc) is 3.05. The molecule has 0 spiro atoms. The second-order valence-corrected chi connectivity index (χ2v) is 10.9. The van der Waals surface area contributed by atoms with Gasteiger partial charge < -0.3 is 30.5 Å². The standard InChI is InChI=1S/C33H34F3N9O2/c1-37-31-40-20-39-29(43-31)24-11-7-16-38-30(24)47-28-15-13-25(22-9-5-6-10-23(22)28)41-32(46)42-26-19-21(33(34,35)36)12-14-27(26)45(4)18-8-17-44(2)3/h5-7,9-16,19-20H,8,17-18H2,1-4H3,(H2,41,42,46)(H,37,39,40,43). The number of benzene rings is 3. The largest absolute Gasteiger partial charge is 0.438 e. The number of amides is 2. The number of hydrogen-bond donors (Lipinski definition) is 3. The van der Waals surface area contributed by atoms with E-state index in [2.05, 4.69) is 35.9 Å².